The zero-order chi connectivity index (χ0) is 20.3. The van der Waals surface area contributed by atoms with Crippen LogP contribution in [0.2, 0.25) is 0 Å². The number of rotatable bonds is 7. The maximum absolute atomic E-state index is 13.5. The third-order valence-electron chi connectivity index (χ3n) is 4.93. The predicted octanol–water partition coefficient (Wildman–Crippen LogP) is 3.12. The van der Waals surface area contributed by atoms with Crippen LogP contribution in [0.3, 0.4) is 0 Å². The number of ether oxygens (including phenoxy) is 4. The number of methoxy groups -OCH3 is 3. The second-order valence-corrected chi connectivity index (χ2v) is 6.36. The van der Waals surface area contributed by atoms with E-state index >= 15 is 0 Å². The molecule has 6 heteroatoms. The van der Waals surface area contributed by atoms with E-state index in [1.165, 1.54) is 27.4 Å². The van der Waals surface area contributed by atoms with Gasteiger partial charge < -0.3 is 18.9 Å². The first kappa shape index (κ1) is 19.5. The van der Waals surface area contributed by atoms with Crippen LogP contribution in [0.15, 0.2) is 49.1 Å². The number of esters is 1. The molecule has 3 rings (SSSR count). The Labute approximate surface area is 163 Å². The maximum atomic E-state index is 13.5. The molecule has 0 amide bonds. The van der Waals surface area contributed by atoms with Crippen molar-refractivity contribution in [3.63, 3.8) is 0 Å². The molecule has 0 heterocycles. The van der Waals surface area contributed by atoms with Crippen LogP contribution in [-0.4, -0.2) is 39.7 Å². The highest BCUT2D eigenvalue weighted by Gasteiger charge is 2.57. The number of benzene rings is 2. The Morgan fingerprint density at radius 1 is 1.11 bits per heavy atom. The molecule has 0 radical (unpaired) electrons. The van der Waals surface area contributed by atoms with Crippen molar-refractivity contribution in [1.29, 1.82) is 0 Å². The molecule has 6 nitrogen and oxygen atoms in total. The van der Waals surface area contributed by atoms with Crippen LogP contribution in [0.1, 0.15) is 21.5 Å². The highest BCUT2D eigenvalue weighted by Crippen LogP contribution is 2.49. The Morgan fingerprint density at radius 2 is 1.75 bits per heavy atom. The van der Waals surface area contributed by atoms with Crippen molar-refractivity contribution in [3.05, 3.63) is 65.7 Å². The molecule has 2 aromatic rings. The van der Waals surface area contributed by atoms with Gasteiger partial charge in [0.25, 0.3) is 0 Å². The Hall–Kier alpha value is -3.28. The molecule has 1 aliphatic carbocycles. The summed E-state index contributed by atoms with van der Waals surface area (Å²) in [6.45, 7) is 3.57. The standard InChI is InChI=1S/C22H22O6/c1-5-10-28-21(24)22(13-14-8-6-7-9-16(14)20(22)23)19-17(26-3)11-15(25-2)12-18(19)27-4/h5-9,11-12H,1,10,13H2,2-4H3. The van der Waals surface area contributed by atoms with E-state index < -0.39 is 11.4 Å². The first-order valence-corrected chi connectivity index (χ1v) is 8.74. The Morgan fingerprint density at radius 3 is 2.29 bits per heavy atom. The molecule has 0 spiro atoms. The predicted molar refractivity (Wildman–Crippen MR) is 103 cm³/mol. The molecule has 1 aliphatic rings. The number of Topliss-reactive ketones (excluding diaryl/α,β-unsaturated/α-hetero) is 1. The summed E-state index contributed by atoms with van der Waals surface area (Å²) in [6, 6.07) is 10.4. The fourth-order valence-corrected chi connectivity index (χ4v) is 3.64. The summed E-state index contributed by atoms with van der Waals surface area (Å²) in [4.78, 5) is 26.8. The van der Waals surface area contributed by atoms with Gasteiger partial charge in [-0.25, -0.2) is 0 Å². The minimum atomic E-state index is -1.62. The van der Waals surface area contributed by atoms with Crippen molar-refractivity contribution in [2.75, 3.05) is 27.9 Å². The van der Waals surface area contributed by atoms with Crippen molar-refractivity contribution in [2.45, 2.75) is 11.8 Å². The van der Waals surface area contributed by atoms with Crippen molar-refractivity contribution < 1.29 is 28.5 Å². The van der Waals surface area contributed by atoms with Gasteiger partial charge in [0.15, 0.2) is 11.2 Å². The van der Waals surface area contributed by atoms with E-state index in [2.05, 4.69) is 6.58 Å². The number of carbonyl (C=O) groups is 2. The minimum Gasteiger partial charge on any atom is -0.496 e. The summed E-state index contributed by atoms with van der Waals surface area (Å²) in [6.07, 6.45) is 1.61. The second kappa shape index (κ2) is 7.76. The van der Waals surface area contributed by atoms with Crippen molar-refractivity contribution in [3.8, 4) is 17.2 Å². The summed E-state index contributed by atoms with van der Waals surface area (Å²) >= 11 is 0. The number of hydrogen-bond acceptors (Lipinski definition) is 6. The summed E-state index contributed by atoms with van der Waals surface area (Å²) in [5.41, 5.74) is -0.0372. The van der Waals surface area contributed by atoms with Crippen LogP contribution < -0.4 is 14.2 Å². The monoisotopic (exact) mass is 382 g/mol. The van der Waals surface area contributed by atoms with Crippen LogP contribution in [-0.2, 0) is 21.4 Å². The SMILES string of the molecule is C=CCOC(=O)C1(c2c(OC)cc(OC)cc2OC)Cc2ccccc2C1=O. The van der Waals surface area contributed by atoms with Crippen LogP contribution in [0.5, 0.6) is 17.2 Å². The van der Waals surface area contributed by atoms with E-state index in [1.807, 2.05) is 12.1 Å². The van der Waals surface area contributed by atoms with E-state index in [0.29, 0.717) is 28.4 Å². The van der Waals surface area contributed by atoms with E-state index in [9.17, 15) is 9.59 Å². The van der Waals surface area contributed by atoms with Gasteiger partial charge >= 0.3 is 5.97 Å². The largest absolute Gasteiger partial charge is 0.496 e. The van der Waals surface area contributed by atoms with Crippen molar-refractivity contribution >= 4 is 11.8 Å². The second-order valence-electron chi connectivity index (χ2n) is 6.36. The molecule has 146 valence electrons. The summed E-state index contributed by atoms with van der Waals surface area (Å²) < 4.78 is 21.7. The Bertz CT molecular complexity index is 907. The zero-order valence-electron chi connectivity index (χ0n) is 16.1. The van der Waals surface area contributed by atoms with Gasteiger partial charge in [-0.15, -0.1) is 0 Å². The quantitative estimate of drug-likeness (QED) is 0.416. The lowest BCUT2D eigenvalue weighted by Gasteiger charge is -2.29. The average Bonchev–Trinajstić information content (AvgIpc) is 3.04. The molecule has 0 aromatic heterocycles. The molecule has 0 fully saturated rings. The summed E-state index contributed by atoms with van der Waals surface area (Å²) in [5.74, 6) is 0.0881. The molecular formula is C22H22O6. The van der Waals surface area contributed by atoms with Gasteiger partial charge in [-0.05, 0) is 5.56 Å². The third kappa shape index (κ3) is 2.91. The molecular weight excluding hydrogens is 360 g/mol. The van der Waals surface area contributed by atoms with Gasteiger partial charge in [-0.3, -0.25) is 9.59 Å². The molecule has 1 unspecified atom stereocenters. The van der Waals surface area contributed by atoms with Crippen LogP contribution in [0.4, 0.5) is 0 Å². The Kier molecular flexibility index (Phi) is 5.40. The van der Waals surface area contributed by atoms with E-state index in [1.54, 1.807) is 24.3 Å². The zero-order valence-corrected chi connectivity index (χ0v) is 16.1. The minimum absolute atomic E-state index is 0.00893. The highest BCUT2D eigenvalue weighted by molar-refractivity contribution is 6.21. The molecule has 0 aliphatic heterocycles. The molecule has 0 saturated heterocycles. The molecule has 28 heavy (non-hydrogen) atoms. The van der Waals surface area contributed by atoms with E-state index in [-0.39, 0.29) is 18.8 Å². The molecule has 0 saturated carbocycles. The number of carbonyl (C=O) groups excluding carboxylic acids is 2. The molecule has 1 atom stereocenters. The lowest BCUT2D eigenvalue weighted by Crippen LogP contribution is -2.44. The lowest BCUT2D eigenvalue weighted by molar-refractivity contribution is -0.147. The van der Waals surface area contributed by atoms with E-state index in [4.69, 9.17) is 18.9 Å². The van der Waals surface area contributed by atoms with Gasteiger partial charge in [0.2, 0.25) is 0 Å². The molecule has 0 N–H and O–H groups in total. The van der Waals surface area contributed by atoms with Gasteiger partial charge in [-0.1, -0.05) is 36.9 Å². The first-order valence-electron chi connectivity index (χ1n) is 8.74. The lowest BCUT2D eigenvalue weighted by atomic mass is 9.75. The van der Waals surface area contributed by atoms with Gasteiger partial charge in [0.1, 0.15) is 23.9 Å². The normalized spacial score (nSPS) is 17.6. The Balaban J connectivity index is 2.30. The number of fused-ring (bicyclic) bond motifs is 1. The van der Waals surface area contributed by atoms with Crippen molar-refractivity contribution in [2.24, 2.45) is 0 Å². The first-order chi connectivity index (χ1) is 13.5. The topological polar surface area (TPSA) is 71.1 Å². The van der Waals surface area contributed by atoms with E-state index in [0.717, 1.165) is 5.56 Å². The molecule has 2 aromatic carbocycles. The van der Waals surface area contributed by atoms with Gasteiger partial charge in [0.05, 0.1) is 26.9 Å². The van der Waals surface area contributed by atoms with Crippen LogP contribution >= 0.6 is 0 Å². The number of hydrogen-bond donors (Lipinski definition) is 0. The van der Waals surface area contributed by atoms with Crippen LogP contribution in [0.25, 0.3) is 0 Å². The maximum Gasteiger partial charge on any atom is 0.325 e. The third-order valence-corrected chi connectivity index (χ3v) is 4.93. The smallest absolute Gasteiger partial charge is 0.325 e. The number of ketones is 1. The fourth-order valence-electron chi connectivity index (χ4n) is 3.64. The fraction of sp³-hybridized carbons (Fsp3) is 0.273. The van der Waals surface area contributed by atoms with Gasteiger partial charge in [-0.2, -0.15) is 0 Å². The molecule has 0 bridgehead atoms. The average molecular weight is 382 g/mol. The van der Waals surface area contributed by atoms with Gasteiger partial charge in [0, 0.05) is 24.1 Å². The van der Waals surface area contributed by atoms with Crippen LogP contribution in [0, 0.1) is 0 Å². The van der Waals surface area contributed by atoms with Crippen molar-refractivity contribution in [1.82, 2.24) is 0 Å². The summed E-state index contributed by atoms with van der Waals surface area (Å²) in [7, 11) is 4.44. The highest BCUT2D eigenvalue weighted by atomic mass is 16.5. The summed E-state index contributed by atoms with van der Waals surface area (Å²) in [5, 5.41) is 0.